The molecule has 0 aromatic heterocycles. The number of hydrogen-bond donors (Lipinski definition) is 1. The van der Waals surface area contributed by atoms with Crippen LogP contribution in [0.25, 0.3) is 0 Å². The molecule has 23 heavy (non-hydrogen) atoms. The van der Waals surface area contributed by atoms with Gasteiger partial charge in [0.1, 0.15) is 0 Å². The van der Waals surface area contributed by atoms with E-state index in [4.69, 9.17) is 21.1 Å². The molecule has 0 saturated heterocycles. The molecule has 1 N–H and O–H groups in total. The molecule has 5 nitrogen and oxygen atoms in total. The van der Waals surface area contributed by atoms with Crippen molar-refractivity contribution in [3.63, 3.8) is 0 Å². The Morgan fingerprint density at radius 1 is 1.35 bits per heavy atom. The van der Waals surface area contributed by atoms with Gasteiger partial charge in [-0.1, -0.05) is 25.4 Å². The summed E-state index contributed by atoms with van der Waals surface area (Å²) in [6, 6.07) is 3.27. The van der Waals surface area contributed by atoms with E-state index in [2.05, 4.69) is 24.1 Å². The fourth-order valence-electron chi connectivity index (χ4n) is 1.94. The molecule has 0 aliphatic heterocycles. The van der Waals surface area contributed by atoms with Crippen LogP contribution in [0.2, 0.25) is 5.02 Å². The average Bonchev–Trinajstić information content (AvgIpc) is 2.48. The molecule has 0 unspecified atom stereocenters. The van der Waals surface area contributed by atoms with Gasteiger partial charge in [0.2, 0.25) is 0 Å². The highest BCUT2D eigenvalue weighted by molar-refractivity contribution is 6.32. The van der Waals surface area contributed by atoms with Crippen molar-refractivity contribution >= 4 is 17.5 Å². The first-order chi connectivity index (χ1) is 10.8. The number of amides is 1. The molecule has 1 amide bonds. The minimum absolute atomic E-state index is 0.167. The number of carbonyl (C=O) groups is 1. The molecular weight excluding hydrogens is 316 g/mol. The van der Waals surface area contributed by atoms with E-state index < -0.39 is 0 Å². The maximum absolute atomic E-state index is 12.2. The molecular formula is C17H27ClN2O3. The molecule has 0 saturated carbocycles. The van der Waals surface area contributed by atoms with Crippen molar-refractivity contribution in [2.45, 2.75) is 20.3 Å². The van der Waals surface area contributed by atoms with Gasteiger partial charge in [0.25, 0.3) is 5.91 Å². The van der Waals surface area contributed by atoms with Gasteiger partial charge in [0.05, 0.1) is 18.7 Å². The lowest BCUT2D eigenvalue weighted by Gasteiger charge is -2.15. The summed E-state index contributed by atoms with van der Waals surface area (Å²) in [5.41, 5.74) is 0.466. The standard InChI is InChI=1S/C17H27ClN2O3/c1-12(2)11-23-16-14(18)9-13(10-15(16)22-5)17(21)19-7-6-8-20(3)4/h9-10,12H,6-8,11H2,1-5H3,(H,19,21). The van der Waals surface area contributed by atoms with Crippen molar-refractivity contribution in [2.24, 2.45) is 5.92 Å². The third kappa shape index (κ3) is 6.67. The summed E-state index contributed by atoms with van der Waals surface area (Å²) in [6.45, 7) is 6.17. The van der Waals surface area contributed by atoms with Gasteiger partial charge in [-0.2, -0.15) is 0 Å². The number of methoxy groups -OCH3 is 1. The van der Waals surface area contributed by atoms with Crippen LogP contribution in [-0.4, -0.2) is 51.7 Å². The molecule has 1 aromatic carbocycles. The molecule has 0 radical (unpaired) electrons. The summed E-state index contributed by atoms with van der Waals surface area (Å²) in [5, 5.41) is 3.26. The summed E-state index contributed by atoms with van der Waals surface area (Å²) in [7, 11) is 5.54. The number of carbonyl (C=O) groups excluding carboxylic acids is 1. The van der Waals surface area contributed by atoms with Gasteiger partial charge in [-0.15, -0.1) is 0 Å². The molecule has 0 fully saturated rings. The van der Waals surface area contributed by atoms with Crippen LogP contribution < -0.4 is 14.8 Å². The maximum atomic E-state index is 12.2. The number of ether oxygens (including phenoxy) is 2. The number of nitrogens with one attached hydrogen (secondary N) is 1. The zero-order chi connectivity index (χ0) is 17.4. The topological polar surface area (TPSA) is 50.8 Å². The highest BCUT2D eigenvalue weighted by Crippen LogP contribution is 2.36. The molecule has 130 valence electrons. The second-order valence-electron chi connectivity index (χ2n) is 6.11. The van der Waals surface area contributed by atoms with Gasteiger partial charge in [0, 0.05) is 12.1 Å². The fraction of sp³-hybridized carbons (Fsp3) is 0.588. The van der Waals surface area contributed by atoms with Crippen LogP contribution in [0.4, 0.5) is 0 Å². The van der Waals surface area contributed by atoms with E-state index in [0.29, 0.717) is 41.2 Å². The van der Waals surface area contributed by atoms with E-state index in [1.807, 2.05) is 14.1 Å². The first kappa shape index (κ1) is 19.6. The van der Waals surface area contributed by atoms with Gasteiger partial charge in [-0.05, 0) is 45.1 Å². The molecule has 1 aromatic rings. The minimum Gasteiger partial charge on any atom is -0.493 e. The number of rotatable bonds is 9. The second kappa shape index (κ2) is 9.63. The average molecular weight is 343 g/mol. The Kier molecular flexibility index (Phi) is 8.20. The first-order valence-electron chi connectivity index (χ1n) is 7.78. The van der Waals surface area contributed by atoms with Crippen molar-refractivity contribution in [3.8, 4) is 11.5 Å². The van der Waals surface area contributed by atoms with Crippen molar-refractivity contribution in [1.29, 1.82) is 0 Å². The molecule has 0 aliphatic rings. The van der Waals surface area contributed by atoms with E-state index in [1.54, 1.807) is 12.1 Å². The molecule has 1 rings (SSSR count). The SMILES string of the molecule is COc1cc(C(=O)NCCCN(C)C)cc(Cl)c1OCC(C)C. The zero-order valence-corrected chi connectivity index (χ0v) is 15.4. The smallest absolute Gasteiger partial charge is 0.251 e. The lowest BCUT2D eigenvalue weighted by atomic mass is 10.1. The quantitative estimate of drug-likeness (QED) is 0.701. The normalized spacial score (nSPS) is 11.0. The summed E-state index contributed by atoms with van der Waals surface area (Å²) in [5.74, 6) is 1.15. The predicted octanol–water partition coefficient (Wildman–Crippen LogP) is 3.06. The van der Waals surface area contributed by atoms with Gasteiger partial charge in [0.15, 0.2) is 11.5 Å². The van der Waals surface area contributed by atoms with E-state index in [0.717, 1.165) is 13.0 Å². The Hall–Kier alpha value is -1.46. The van der Waals surface area contributed by atoms with Crippen LogP contribution in [0, 0.1) is 5.92 Å². The molecule has 0 atom stereocenters. The molecule has 0 bridgehead atoms. The Morgan fingerprint density at radius 3 is 2.61 bits per heavy atom. The lowest BCUT2D eigenvalue weighted by molar-refractivity contribution is 0.0952. The van der Waals surface area contributed by atoms with Gasteiger partial charge in [-0.3, -0.25) is 4.79 Å². The lowest BCUT2D eigenvalue weighted by Crippen LogP contribution is -2.27. The Morgan fingerprint density at radius 2 is 2.04 bits per heavy atom. The molecule has 0 spiro atoms. The highest BCUT2D eigenvalue weighted by Gasteiger charge is 2.16. The van der Waals surface area contributed by atoms with Crippen molar-refractivity contribution in [3.05, 3.63) is 22.7 Å². The maximum Gasteiger partial charge on any atom is 0.251 e. The highest BCUT2D eigenvalue weighted by atomic mass is 35.5. The van der Waals surface area contributed by atoms with E-state index >= 15 is 0 Å². The largest absolute Gasteiger partial charge is 0.493 e. The van der Waals surface area contributed by atoms with Gasteiger partial charge >= 0.3 is 0 Å². The molecule has 0 aliphatic carbocycles. The third-order valence-corrected chi connectivity index (χ3v) is 3.40. The van der Waals surface area contributed by atoms with Crippen molar-refractivity contribution < 1.29 is 14.3 Å². The van der Waals surface area contributed by atoms with Crippen molar-refractivity contribution in [2.75, 3.05) is 40.9 Å². The fourth-order valence-corrected chi connectivity index (χ4v) is 2.21. The zero-order valence-electron chi connectivity index (χ0n) is 14.6. The van der Waals surface area contributed by atoms with E-state index in [-0.39, 0.29) is 5.91 Å². The van der Waals surface area contributed by atoms with Gasteiger partial charge in [-0.25, -0.2) is 0 Å². The third-order valence-electron chi connectivity index (χ3n) is 3.12. The van der Waals surface area contributed by atoms with Gasteiger partial charge < -0.3 is 19.7 Å². The van der Waals surface area contributed by atoms with Crippen LogP contribution >= 0.6 is 11.6 Å². The summed E-state index contributed by atoms with van der Waals surface area (Å²) in [4.78, 5) is 14.3. The monoisotopic (exact) mass is 342 g/mol. The van der Waals surface area contributed by atoms with Crippen LogP contribution in [0.5, 0.6) is 11.5 Å². The van der Waals surface area contributed by atoms with E-state index in [9.17, 15) is 4.79 Å². The molecule has 0 heterocycles. The Balaban J connectivity index is 2.76. The Labute approximate surface area is 143 Å². The summed E-state index contributed by atoms with van der Waals surface area (Å²) >= 11 is 6.25. The second-order valence-corrected chi connectivity index (χ2v) is 6.51. The van der Waals surface area contributed by atoms with E-state index in [1.165, 1.54) is 7.11 Å². The number of hydrogen-bond acceptors (Lipinski definition) is 4. The number of benzene rings is 1. The Bertz CT molecular complexity index is 519. The van der Waals surface area contributed by atoms with Crippen molar-refractivity contribution in [1.82, 2.24) is 10.2 Å². The minimum atomic E-state index is -0.167. The number of nitrogens with zero attached hydrogens (tertiary/aromatic N) is 1. The summed E-state index contributed by atoms with van der Waals surface area (Å²) < 4.78 is 11.0. The number of halogens is 1. The first-order valence-corrected chi connectivity index (χ1v) is 8.16. The van der Waals surface area contributed by atoms with Crippen LogP contribution in [0.3, 0.4) is 0 Å². The summed E-state index contributed by atoms with van der Waals surface area (Å²) in [6.07, 6.45) is 0.888. The van der Waals surface area contributed by atoms with Crippen LogP contribution in [0.1, 0.15) is 30.6 Å². The molecule has 6 heteroatoms. The van der Waals surface area contributed by atoms with Crippen LogP contribution in [-0.2, 0) is 0 Å². The predicted molar refractivity (Wildman–Crippen MR) is 93.8 cm³/mol. The van der Waals surface area contributed by atoms with Crippen LogP contribution in [0.15, 0.2) is 12.1 Å².